The van der Waals surface area contributed by atoms with Crippen LogP contribution in [0.4, 0.5) is 34.9 Å². The van der Waals surface area contributed by atoms with Crippen LogP contribution < -0.4 is 5.46 Å². The molecule has 4 rings (SSSR count). The Morgan fingerprint density at radius 3 is 1.64 bits per heavy atom. The van der Waals surface area contributed by atoms with Crippen LogP contribution in [0.25, 0.3) is 0 Å². The molecule has 0 aromatic heterocycles. The highest BCUT2D eigenvalue weighted by Gasteiger charge is 2.37. The van der Waals surface area contributed by atoms with Crippen LogP contribution in [0, 0.1) is 40.3 Å². The van der Waals surface area contributed by atoms with Crippen molar-refractivity contribution in [1.82, 2.24) is 0 Å². The van der Waals surface area contributed by atoms with E-state index in [4.69, 9.17) is 0 Å². The number of rotatable bonds is 6. The van der Waals surface area contributed by atoms with Gasteiger partial charge in [-0.15, -0.1) is 0 Å². The Bertz CT molecular complexity index is 1630. The molecule has 0 bridgehead atoms. The molecule has 0 N–H and O–H groups in total. The fourth-order valence-corrected chi connectivity index (χ4v) is 4.68. The first-order valence-corrected chi connectivity index (χ1v) is 14.2. The molecule has 12 heteroatoms. The summed E-state index contributed by atoms with van der Waals surface area (Å²) in [6.07, 6.45) is 2.37. The Balaban J connectivity index is 0.000000274. The first-order valence-electron chi connectivity index (χ1n) is 12.1. The van der Waals surface area contributed by atoms with Crippen molar-refractivity contribution in [1.29, 1.82) is 0 Å². The minimum absolute atomic E-state index is 0.0646. The monoisotopic (exact) mass is 608 g/mol. The van der Waals surface area contributed by atoms with E-state index in [-0.39, 0.29) is 11.5 Å². The zero-order chi connectivity index (χ0) is 31.1. The van der Waals surface area contributed by atoms with Crippen molar-refractivity contribution in [2.24, 2.45) is 0 Å². The van der Waals surface area contributed by atoms with Gasteiger partial charge in [0, 0.05) is 11.1 Å². The predicted octanol–water partition coefficient (Wildman–Crippen LogP) is 7.04. The molecule has 0 radical (unpaired) electrons. The number of benzene rings is 4. The summed E-state index contributed by atoms with van der Waals surface area (Å²) in [6.45, 7) is -6.30. The molecule has 0 heterocycles. The summed E-state index contributed by atoms with van der Waals surface area (Å²) in [5, 5.41) is 2.78. The molecule has 4 aromatic rings. The van der Waals surface area contributed by atoms with E-state index >= 15 is 0 Å². The van der Waals surface area contributed by atoms with E-state index in [2.05, 4.69) is 23.3 Å². The summed E-state index contributed by atoms with van der Waals surface area (Å²) in [6, 6.07) is 27.1. The number of carbonyl (C=O) groups excluding carboxylic acids is 1. The number of ketones is 1. The lowest BCUT2D eigenvalue weighted by Gasteiger charge is -2.17. The molecule has 0 spiro atoms. The Morgan fingerprint density at radius 2 is 1.14 bits per heavy atom. The van der Waals surface area contributed by atoms with Gasteiger partial charge in [-0.3, -0.25) is 4.79 Å². The van der Waals surface area contributed by atoms with E-state index in [1.165, 1.54) is 5.56 Å². The Morgan fingerprint density at radius 1 is 0.690 bits per heavy atom. The number of hydrogen-bond acceptors (Lipinski definition) is 2. The third kappa shape index (κ3) is 8.63. The lowest BCUT2D eigenvalue weighted by atomic mass is 9.79. The summed E-state index contributed by atoms with van der Waals surface area (Å²) < 4.78 is 110. The first-order chi connectivity index (χ1) is 19.7. The van der Waals surface area contributed by atoms with Gasteiger partial charge in [0.05, 0.1) is 0 Å². The molecule has 0 aliphatic carbocycles. The summed E-state index contributed by atoms with van der Waals surface area (Å²) in [5.74, 6) is -10.9. The van der Waals surface area contributed by atoms with Gasteiger partial charge in [0.15, 0.2) is 38.4 Å². The topological polar surface area (TPSA) is 34.1 Å². The van der Waals surface area contributed by atoms with Crippen LogP contribution in [-0.2, 0) is 20.6 Å². The molecule has 42 heavy (non-hydrogen) atoms. The van der Waals surface area contributed by atoms with Crippen molar-refractivity contribution < 1.29 is 43.9 Å². The molecule has 0 saturated carbocycles. The standard InChI is InChI=1S/C24H21O2S.C6BF8/c1-27(26,17-16-20-8-4-2-5-9-20)19-24(25)23-14-12-22(13-15-23)18-21-10-6-3-7-11-21;8-2-1(7(13,14)15)3(9)5(11)6(12)4(2)10/h2-15H,18-19H2,1H3;/q+1;-1. The Labute approximate surface area is 237 Å². The van der Waals surface area contributed by atoms with E-state index in [1.807, 2.05) is 60.7 Å². The normalized spacial score (nSPS) is 12.3. The Hall–Kier alpha value is -4.24. The highest BCUT2D eigenvalue weighted by molar-refractivity contribution is 8.07. The number of Topliss-reactive ketones (excluding diaryl/α,β-unsaturated/α-hetero) is 1. The third-order valence-corrected chi connectivity index (χ3v) is 7.04. The SMILES string of the molecule is C[S+](=O)(C#Cc1ccccc1)CC(=O)c1ccc(Cc2ccccc2)cc1.Fc1c(F)c(F)c([B-](F)(F)F)c(F)c1F. The fourth-order valence-electron chi connectivity index (χ4n) is 3.61. The maximum absolute atomic E-state index is 12.7. The summed E-state index contributed by atoms with van der Waals surface area (Å²) >= 11 is 0. The third-order valence-electron chi connectivity index (χ3n) is 5.69. The van der Waals surface area contributed by atoms with Crippen molar-refractivity contribution in [3.05, 3.63) is 136 Å². The molecule has 218 valence electrons. The average Bonchev–Trinajstić information content (AvgIpc) is 2.95. The lowest BCUT2D eigenvalue weighted by Crippen LogP contribution is -2.41. The second kappa shape index (κ2) is 13.6. The van der Waals surface area contributed by atoms with Gasteiger partial charge in [-0.25, -0.2) is 22.0 Å². The van der Waals surface area contributed by atoms with Gasteiger partial charge in [0.1, 0.15) is 17.9 Å². The van der Waals surface area contributed by atoms with Crippen LogP contribution >= 0.6 is 0 Å². The van der Waals surface area contributed by atoms with Crippen molar-refractivity contribution >= 4 is 28.2 Å². The molecule has 1 atom stereocenters. The van der Waals surface area contributed by atoms with Crippen molar-refractivity contribution in [3.63, 3.8) is 0 Å². The zero-order valence-corrected chi connectivity index (χ0v) is 22.6. The van der Waals surface area contributed by atoms with E-state index < -0.39 is 51.5 Å². The van der Waals surface area contributed by atoms with Crippen molar-refractivity contribution in [2.75, 3.05) is 12.0 Å². The van der Waals surface area contributed by atoms with Gasteiger partial charge in [0.25, 0.3) is 0 Å². The van der Waals surface area contributed by atoms with Gasteiger partial charge in [-0.2, -0.15) is 0 Å². The molecule has 0 aliphatic heterocycles. The molecule has 0 saturated heterocycles. The number of carbonyl (C=O) groups is 1. The largest absolute Gasteiger partial charge is 0.515 e. The molecular formula is C30H21BF8O2S. The molecule has 0 aliphatic rings. The maximum atomic E-state index is 12.7. The highest BCUT2D eigenvalue weighted by atomic mass is 32.2. The summed E-state index contributed by atoms with van der Waals surface area (Å²) in [5.41, 5.74) is 1.00. The van der Waals surface area contributed by atoms with Gasteiger partial charge in [-0.1, -0.05) is 77.0 Å². The van der Waals surface area contributed by atoms with Crippen LogP contribution in [0.5, 0.6) is 0 Å². The van der Waals surface area contributed by atoms with Crippen LogP contribution in [0.3, 0.4) is 0 Å². The fraction of sp³-hybridized carbons (Fsp3) is 0.100. The lowest BCUT2D eigenvalue weighted by molar-refractivity contribution is 0.102. The minimum Gasteiger partial charge on any atom is -0.445 e. The van der Waals surface area contributed by atoms with Gasteiger partial charge >= 0.3 is 6.98 Å². The molecule has 2 nitrogen and oxygen atoms in total. The van der Waals surface area contributed by atoms with E-state index in [0.717, 1.165) is 17.5 Å². The van der Waals surface area contributed by atoms with Gasteiger partial charge in [0.2, 0.25) is 5.78 Å². The second-order valence-electron chi connectivity index (χ2n) is 9.08. The predicted molar refractivity (Wildman–Crippen MR) is 147 cm³/mol. The van der Waals surface area contributed by atoms with E-state index in [0.29, 0.717) is 5.56 Å². The average molecular weight is 608 g/mol. The van der Waals surface area contributed by atoms with Crippen molar-refractivity contribution in [2.45, 2.75) is 6.42 Å². The minimum atomic E-state index is -6.30. The smallest absolute Gasteiger partial charge is 0.445 e. The van der Waals surface area contributed by atoms with Gasteiger partial charge in [-0.05, 0) is 41.1 Å². The Kier molecular flexibility index (Phi) is 10.5. The van der Waals surface area contributed by atoms with Crippen molar-refractivity contribution in [3.8, 4) is 11.2 Å². The van der Waals surface area contributed by atoms with Crippen LogP contribution in [0.1, 0.15) is 27.0 Å². The molecule has 0 amide bonds. The van der Waals surface area contributed by atoms with Gasteiger partial charge < -0.3 is 12.9 Å². The highest BCUT2D eigenvalue weighted by Crippen LogP contribution is 2.21. The first kappa shape index (κ1) is 32.3. The molecule has 1 unspecified atom stereocenters. The van der Waals surface area contributed by atoms with Crippen LogP contribution in [0.2, 0.25) is 0 Å². The number of halogens is 8. The quantitative estimate of drug-likeness (QED) is 0.0448. The maximum Gasteiger partial charge on any atom is 0.515 e. The molecule has 0 fully saturated rings. The van der Waals surface area contributed by atoms with E-state index in [9.17, 15) is 43.9 Å². The molecular weight excluding hydrogens is 587 g/mol. The summed E-state index contributed by atoms with van der Waals surface area (Å²) in [4.78, 5) is 12.5. The number of hydrogen-bond donors (Lipinski definition) is 0. The zero-order valence-electron chi connectivity index (χ0n) is 21.8. The van der Waals surface area contributed by atoms with E-state index in [1.54, 1.807) is 18.4 Å². The summed E-state index contributed by atoms with van der Waals surface area (Å²) in [7, 11) is -2.55. The molecule has 4 aromatic carbocycles. The van der Waals surface area contributed by atoms with Crippen LogP contribution in [0.15, 0.2) is 84.9 Å². The second-order valence-corrected chi connectivity index (χ2v) is 11.6. The van der Waals surface area contributed by atoms with Crippen LogP contribution in [-0.4, -0.2) is 24.8 Å².